The van der Waals surface area contributed by atoms with Crippen molar-refractivity contribution in [2.75, 3.05) is 11.1 Å². The molecule has 0 aromatic heterocycles. The van der Waals surface area contributed by atoms with Crippen molar-refractivity contribution in [2.45, 2.75) is 26.2 Å². The summed E-state index contributed by atoms with van der Waals surface area (Å²) in [6.45, 7) is 3.13. The van der Waals surface area contributed by atoms with Crippen LogP contribution in [0.3, 0.4) is 0 Å². The second-order valence-electron chi connectivity index (χ2n) is 3.90. The van der Waals surface area contributed by atoms with Crippen LogP contribution in [0, 0.1) is 13.8 Å². The number of carbonyl (C=O) groups is 1. The predicted octanol–water partition coefficient (Wildman–Crippen LogP) is 2.72. The van der Waals surface area contributed by atoms with E-state index in [-0.39, 0.29) is 5.69 Å². The zero-order chi connectivity index (χ0) is 14.1. The Hall–Kier alpha value is -1.79. The molecule has 0 spiro atoms. The second kappa shape index (κ2) is 4.83. The van der Waals surface area contributed by atoms with E-state index in [1.165, 1.54) is 19.1 Å². The minimum atomic E-state index is -4.72. The van der Waals surface area contributed by atoms with Crippen molar-refractivity contribution in [3.05, 3.63) is 23.3 Å². The van der Waals surface area contributed by atoms with Crippen LogP contribution < -0.4 is 11.1 Å². The largest absolute Gasteiger partial charge is 0.399 e. The van der Waals surface area contributed by atoms with E-state index in [1.54, 1.807) is 12.2 Å². The first-order chi connectivity index (χ1) is 8.16. The molecule has 7 heteroatoms. The number of hydrogen-bond donors (Lipinski definition) is 2. The van der Waals surface area contributed by atoms with Gasteiger partial charge in [0.25, 0.3) is 0 Å². The molecule has 3 nitrogen and oxygen atoms in total. The fourth-order valence-electron chi connectivity index (χ4n) is 1.28. The average molecular weight is 264 g/mol. The third-order valence-corrected chi connectivity index (χ3v) is 2.44. The second-order valence-corrected chi connectivity index (χ2v) is 3.90. The highest BCUT2D eigenvalue weighted by Gasteiger charge is 2.49. The molecule has 0 aliphatic rings. The van der Waals surface area contributed by atoms with Crippen LogP contribution in [0.2, 0.25) is 0 Å². The number of carbonyl (C=O) groups excluding carboxylic acids is 1. The van der Waals surface area contributed by atoms with Crippen LogP contribution in [-0.2, 0) is 4.79 Å². The Labute approximate surface area is 101 Å². The van der Waals surface area contributed by atoms with Crippen molar-refractivity contribution < 1.29 is 22.4 Å². The van der Waals surface area contributed by atoms with Crippen molar-refractivity contribution >= 4 is 17.3 Å². The third-order valence-electron chi connectivity index (χ3n) is 2.44. The van der Waals surface area contributed by atoms with Gasteiger partial charge in [-0.15, -0.1) is 0 Å². The summed E-state index contributed by atoms with van der Waals surface area (Å²) >= 11 is 0. The molecule has 3 N–H and O–H groups in total. The highest BCUT2D eigenvalue weighted by Crippen LogP contribution is 2.27. The molecule has 0 aliphatic heterocycles. The van der Waals surface area contributed by atoms with Crippen molar-refractivity contribution in [1.29, 1.82) is 0 Å². The maximum Gasteiger partial charge on any atom is 0.383 e. The van der Waals surface area contributed by atoms with Gasteiger partial charge in [-0.2, -0.15) is 8.78 Å². The van der Waals surface area contributed by atoms with Crippen LogP contribution in [0.15, 0.2) is 12.1 Å². The molecule has 0 aliphatic carbocycles. The lowest BCUT2D eigenvalue weighted by molar-refractivity contribution is -0.163. The van der Waals surface area contributed by atoms with Gasteiger partial charge in [0.1, 0.15) is 0 Å². The molecule has 0 saturated heterocycles. The molecule has 100 valence electrons. The quantitative estimate of drug-likeness (QED) is 0.651. The van der Waals surface area contributed by atoms with E-state index >= 15 is 0 Å². The maximum atomic E-state index is 12.8. The van der Waals surface area contributed by atoms with E-state index in [0.717, 1.165) is 0 Å². The van der Waals surface area contributed by atoms with Crippen LogP contribution in [0.5, 0.6) is 0 Å². The normalized spacial score (nSPS) is 11.7. The SMILES string of the molecule is Cc1cc(NC(=O)C(F)(F)C(F)F)c(C)cc1N. The maximum absolute atomic E-state index is 12.8. The summed E-state index contributed by atoms with van der Waals surface area (Å²) in [5.41, 5.74) is 7.00. The Kier molecular flexibility index (Phi) is 3.83. The van der Waals surface area contributed by atoms with E-state index in [4.69, 9.17) is 5.73 Å². The van der Waals surface area contributed by atoms with Crippen molar-refractivity contribution in [2.24, 2.45) is 0 Å². The van der Waals surface area contributed by atoms with Gasteiger partial charge in [-0.1, -0.05) is 0 Å². The summed E-state index contributed by atoms with van der Waals surface area (Å²) in [7, 11) is 0. The first kappa shape index (κ1) is 14.3. The van der Waals surface area contributed by atoms with Crippen molar-refractivity contribution in [3.63, 3.8) is 0 Å². The number of hydrogen-bond acceptors (Lipinski definition) is 2. The van der Waals surface area contributed by atoms with Crippen molar-refractivity contribution in [3.8, 4) is 0 Å². The number of anilines is 2. The Morgan fingerprint density at radius 1 is 1.28 bits per heavy atom. The monoisotopic (exact) mass is 264 g/mol. The van der Waals surface area contributed by atoms with Crippen LogP contribution in [0.25, 0.3) is 0 Å². The highest BCUT2D eigenvalue weighted by atomic mass is 19.3. The average Bonchev–Trinajstić information content (AvgIpc) is 2.25. The summed E-state index contributed by atoms with van der Waals surface area (Å²) in [5, 5.41) is 1.78. The van der Waals surface area contributed by atoms with Gasteiger partial charge in [-0.25, -0.2) is 8.78 Å². The first-order valence-corrected chi connectivity index (χ1v) is 5.00. The molecule has 1 rings (SSSR count). The number of aryl methyl sites for hydroxylation is 2. The molecular weight excluding hydrogens is 252 g/mol. The number of amides is 1. The molecule has 1 amide bonds. The van der Waals surface area contributed by atoms with Gasteiger partial charge in [0.15, 0.2) is 0 Å². The Morgan fingerprint density at radius 2 is 1.83 bits per heavy atom. The minimum absolute atomic E-state index is 0.0343. The van der Waals surface area contributed by atoms with Gasteiger partial charge >= 0.3 is 18.3 Å². The number of nitrogens with one attached hydrogen (secondary N) is 1. The lowest BCUT2D eigenvalue weighted by atomic mass is 10.1. The molecule has 0 radical (unpaired) electrons. The molecule has 0 bridgehead atoms. The summed E-state index contributed by atoms with van der Waals surface area (Å²) in [6.07, 6.45) is -4.05. The van der Waals surface area contributed by atoms with Crippen LogP contribution >= 0.6 is 0 Å². The smallest absolute Gasteiger partial charge is 0.383 e. The number of nitrogens with two attached hydrogens (primary N) is 1. The topological polar surface area (TPSA) is 55.1 Å². The van der Waals surface area contributed by atoms with Gasteiger partial charge < -0.3 is 11.1 Å². The minimum Gasteiger partial charge on any atom is -0.399 e. The number of rotatable bonds is 3. The molecule has 0 fully saturated rings. The number of nitrogen functional groups attached to an aromatic ring is 1. The molecule has 0 heterocycles. The Morgan fingerprint density at radius 3 is 2.33 bits per heavy atom. The molecule has 0 unspecified atom stereocenters. The van der Waals surface area contributed by atoms with E-state index in [0.29, 0.717) is 16.8 Å². The third kappa shape index (κ3) is 2.72. The van der Waals surface area contributed by atoms with E-state index in [2.05, 4.69) is 0 Å². The Balaban J connectivity index is 2.99. The number of benzene rings is 1. The lowest BCUT2D eigenvalue weighted by Gasteiger charge is -2.16. The number of alkyl halides is 4. The molecule has 0 atom stereocenters. The van der Waals surface area contributed by atoms with Crippen molar-refractivity contribution in [1.82, 2.24) is 0 Å². The molecule has 1 aromatic rings. The summed E-state index contributed by atoms with van der Waals surface area (Å²) in [5.74, 6) is -6.76. The molecule has 0 saturated carbocycles. The van der Waals surface area contributed by atoms with Gasteiger partial charge in [-0.05, 0) is 37.1 Å². The van der Waals surface area contributed by atoms with Gasteiger partial charge in [0.05, 0.1) is 0 Å². The molecule has 18 heavy (non-hydrogen) atoms. The fraction of sp³-hybridized carbons (Fsp3) is 0.364. The molecule has 1 aromatic carbocycles. The summed E-state index contributed by atoms with van der Waals surface area (Å²) in [4.78, 5) is 11.1. The summed E-state index contributed by atoms with van der Waals surface area (Å²) < 4.78 is 49.5. The number of halogens is 4. The van der Waals surface area contributed by atoms with Gasteiger partial charge in [0, 0.05) is 11.4 Å². The van der Waals surface area contributed by atoms with Gasteiger partial charge in [0.2, 0.25) is 0 Å². The zero-order valence-corrected chi connectivity index (χ0v) is 9.73. The van der Waals surface area contributed by atoms with E-state index in [1.807, 2.05) is 0 Å². The van der Waals surface area contributed by atoms with E-state index < -0.39 is 18.3 Å². The first-order valence-electron chi connectivity index (χ1n) is 5.00. The standard InChI is InChI=1S/C11H12F4N2O/c1-5-4-8(6(2)3-7(5)16)17-10(18)11(14,15)9(12)13/h3-4,9H,16H2,1-2H3,(H,17,18). The lowest BCUT2D eigenvalue weighted by Crippen LogP contribution is -2.41. The fourth-order valence-corrected chi connectivity index (χ4v) is 1.28. The van der Waals surface area contributed by atoms with Gasteiger partial charge in [-0.3, -0.25) is 4.79 Å². The predicted molar refractivity (Wildman–Crippen MR) is 59.9 cm³/mol. The zero-order valence-electron chi connectivity index (χ0n) is 9.73. The Bertz CT molecular complexity index is 474. The molecular formula is C11H12F4N2O. The van der Waals surface area contributed by atoms with Crippen LogP contribution in [-0.4, -0.2) is 18.3 Å². The van der Waals surface area contributed by atoms with E-state index in [9.17, 15) is 22.4 Å². The van der Waals surface area contributed by atoms with Crippen LogP contribution in [0.4, 0.5) is 28.9 Å². The highest BCUT2D eigenvalue weighted by molar-refractivity contribution is 5.97. The summed E-state index contributed by atoms with van der Waals surface area (Å²) in [6, 6.07) is 2.82. The van der Waals surface area contributed by atoms with Crippen LogP contribution in [0.1, 0.15) is 11.1 Å².